The molecule has 1 N–H and O–H groups in total. The summed E-state index contributed by atoms with van der Waals surface area (Å²) in [6, 6.07) is 9.40. The zero-order chi connectivity index (χ0) is 33.7. The van der Waals surface area contributed by atoms with E-state index in [1.807, 2.05) is 0 Å². The highest BCUT2D eigenvalue weighted by Gasteiger charge is 2.43. The molecular formula is C30H34N6O10S. The number of hydrogen-bond acceptors (Lipinski definition) is 11. The van der Waals surface area contributed by atoms with Crippen LogP contribution in [0.25, 0.3) is 0 Å². The van der Waals surface area contributed by atoms with Gasteiger partial charge in [-0.2, -0.15) is 12.6 Å². The molecule has 3 fully saturated rings. The first-order chi connectivity index (χ1) is 22.5. The summed E-state index contributed by atoms with van der Waals surface area (Å²) in [7, 11) is 0. The topological polar surface area (TPSA) is 195 Å². The molecule has 1 unspecified atom stereocenters. The molecule has 17 heteroatoms. The van der Waals surface area contributed by atoms with Crippen molar-refractivity contribution in [2.75, 3.05) is 26.2 Å². The van der Waals surface area contributed by atoms with E-state index in [-0.39, 0.29) is 60.8 Å². The van der Waals surface area contributed by atoms with Gasteiger partial charge in [-0.3, -0.25) is 39.6 Å². The van der Waals surface area contributed by atoms with Gasteiger partial charge in [-0.15, -0.1) is 0 Å². The van der Waals surface area contributed by atoms with Crippen LogP contribution < -0.4 is 5.32 Å². The highest BCUT2D eigenvalue weighted by molar-refractivity contribution is 7.81. The van der Waals surface area contributed by atoms with E-state index in [0.29, 0.717) is 49.9 Å². The van der Waals surface area contributed by atoms with Crippen molar-refractivity contribution in [1.29, 1.82) is 0 Å². The zero-order valence-corrected chi connectivity index (χ0v) is 26.2. The van der Waals surface area contributed by atoms with Crippen molar-refractivity contribution in [1.82, 2.24) is 20.0 Å². The lowest BCUT2D eigenvalue weighted by atomic mass is 10.1. The predicted molar refractivity (Wildman–Crippen MR) is 167 cm³/mol. The number of carbonyl (C=O) groups is 4. The third-order valence-corrected chi connectivity index (χ3v) is 8.83. The molecule has 2 aromatic rings. The number of nitro benzene ring substituents is 2. The van der Waals surface area contributed by atoms with Gasteiger partial charge in [0.05, 0.1) is 9.85 Å². The Morgan fingerprint density at radius 1 is 0.787 bits per heavy atom. The zero-order valence-electron chi connectivity index (χ0n) is 25.3. The van der Waals surface area contributed by atoms with Crippen molar-refractivity contribution >= 4 is 48.0 Å². The molecule has 3 aliphatic heterocycles. The number of rotatable bonds is 9. The number of non-ortho nitro benzene ring substituents is 2. The summed E-state index contributed by atoms with van der Waals surface area (Å²) in [4.78, 5) is 77.4. The van der Waals surface area contributed by atoms with E-state index in [4.69, 9.17) is 9.47 Å². The molecule has 3 heterocycles. The first-order valence-electron chi connectivity index (χ1n) is 15.1. The fourth-order valence-corrected chi connectivity index (χ4v) is 6.35. The third-order valence-electron chi connectivity index (χ3n) is 8.45. The number of carbonyl (C=O) groups excluding carboxylic acids is 4. The summed E-state index contributed by atoms with van der Waals surface area (Å²) in [5, 5.41) is 24.4. The molecular weight excluding hydrogens is 636 g/mol. The molecule has 250 valence electrons. The molecule has 0 radical (unpaired) electrons. The summed E-state index contributed by atoms with van der Waals surface area (Å²) in [6.07, 6.45) is 0.549. The smallest absolute Gasteiger partial charge is 0.410 e. The molecule has 5 rings (SSSR count). The molecule has 0 spiro atoms. The number of nitrogens with zero attached hydrogens (tertiary/aromatic N) is 5. The second kappa shape index (κ2) is 14.7. The lowest BCUT2D eigenvalue weighted by molar-refractivity contribution is -0.385. The Labute approximate surface area is 274 Å². The van der Waals surface area contributed by atoms with Gasteiger partial charge in [0.15, 0.2) is 0 Å². The largest absolute Gasteiger partial charge is 0.445 e. The van der Waals surface area contributed by atoms with Gasteiger partial charge in [0.2, 0.25) is 11.8 Å². The van der Waals surface area contributed by atoms with E-state index in [9.17, 15) is 39.4 Å². The number of benzene rings is 2. The van der Waals surface area contributed by atoms with Crippen LogP contribution >= 0.6 is 12.6 Å². The number of hydrogen-bond donors (Lipinski definition) is 2. The van der Waals surface area contributed by atoms with Crippen LogP contribution in [0.15, 0.2) is 48.5 Å². The van der Waals surface area contributed by atoms with Crippen LogP contribution in [0.4, 0.5) is 21.0 Å². The molecule has 2 aromatic carbocycles. The van der Waals surface area contributed by atoms with E-state index < -0.39 is 34.1 Å². The normalized spacial score (nSPS) is 22.2. The number of nitro groups is 2. The van der Waals surface area contributed by atoms with Crippen LogP contribution in [-0.2, 0) is 32.3 Å². The summed E-state index contributed by atoms with van der Waals surface area (Å²) < 4.78 is 10.8. The van der Waals surface area contributed by atoms with E-state index >= 15 is 0 Å². The van der Waals surface area contributed by atoms with Crippen LogP contribution in [0.5, 0.6) is 0 Å². The fraction of sp³-hybridized carbons (Fsp3) is 0.467. The number of nitrogens with one attached hydrogen (secondary N) is 1. The van der Waals surface area contributed by atoms with Crippen LogP contribution in [0.2, 0.25) is 0 Å². The summed E-state index contributed by atoms with van der Waals surface area (Å²) in [6.45, 7) is 0.944. The van der Waals surface area contributed by atoms with E-state index in [2.05, 4.69) is 17.9 Å². The van der Waals surface area contributed by atoms with Gasteiger partial charge < -0.3 is 19.7 Å². The molecule has 0 aromatic heterocycles. The number of amides is 4. The maximum absolute atomic E-state index is 13.5. The molecule has 16 nitrogen and oxygen atoms in total. The second-order valence-corrected chi connectivity index (χ2v) is 12.4. The van der Waals surface area contributed by atoms with Crippen molar-refractivity contribution in [2.45, 2.75) is 62.3 Å². The summed E-state index contributed by atoms with van der Waals surface area (Å²) >= 11 is 4.49. The van der Waals surface area contributed by atoms with Crippen molar-refractivity contribution in [2.24, 2.45) is 0 Å². The Morgan fingerprint density at radius 3 is 1.89 bits per heavy atom. The molecule has 4 amide bonds. The van der Waals surface area contributed by atoms with Gasteiger partial charge in [0.25, 0.3) is 11.4 Å². The SMILES string of the molecule is O=C(N[C@H]1CCN(C(=O)[C@@H]2C[C@H](S)CN2C(=O)OCc2ccc([N+](=O)[O-])cc2)C1)C1CCCN1C(=O)OCc1ccc([N+](=O)[O-])cc1. The number of thiol groups is 1. The average Bonchev–Trinajstić information content (AvgIpc) is 3.83. The monoisotopic (exact) mass is 670 g/mol. The quantitative estimate of drug-likeness (QED) is 0.227. The Kier molecular flexibility index (Phi) is 10.4. The first-order valence-corrected chi connectivity index (χ1v) is 15.6. The minimum absolute atomic E-state index is 0.0747. The molecule has 47 heavy (non-hydrogen) atoms. The van der Waals surface area contributed by atoms with Gasteiger partial charge >= 0.3 is 12.2 Å². The Bertz CT molecular complexity index is 1520. The molecule has 0 saturated carbocycles. The molecule has 0 aliphatic carbocycles. The van der Waals surface area contributed by atoms with Crippen LogP contribution in [0.3, 0.4) is 0 Å². The van der Waals surface area contributed by atoms with Gasteiger partial charge in [0.1, 0.15) is 25.3 Å². The highest BCUT2D eigenvalue weighted by atomic mass is 32.1. The maximum Gasteiger partial charge on any atom is 0.410 e. The van der Waals surface area contributed by atoms with Gasteiger partial charge in [-0.05, 0) is 61.1 Å². The second-order valence-electron chi connectivity index (χ2n) is 11.6. The Balaban J connectivity index is 1.10. The van der Waals surface area contributed by atoms with Crippen molar-refractivity contribution in [3.05, 3.63) is 79.9 Å². The van der Waals surface area contributed by atoms with Crippen LogP contribution in [0.1, 0.15) is 36.8 Å². The van der Waals surface area contributed by atoms with Crippen molar-refractivity contribution in [3.63, 3.8) is 0 Å². The Hall–Kier alpha value is -4.93. The van der Waals surface area contributed by atoms with E-state index in [0.717, 1.165) is 0 Å². The number of likely N-dealkylation sites (tertiary alicyclic amines) is 3. The molecule has 0 bridgehead atoms. The van der Waals surface area contributed by atoms with Gasteiger partial charge in [-0.25, -0.2) is 9.59 Å². The van der Waals surface area contributed by atoms with E-state index in [1.54, 1.807) is 4.90 Å². The summed E-state index contributed by atoms with van der Waals surface area (Å²) in [5.74, 6) is -0.621. The van der Waals surface area contributed by atoms with Crippen molar-refractivity contribution in [3.8, 4) is 0 Å². The Morgan fingerprint density at radius 2 is 1.34 bits per heavy atom. The maximum atomic E-state index is 13.5. The highest BCUT2D eigenvalue weighted by Crippen LogP contribution is 2.27. The molecule has 4 atom stereocenters. The number of ether oxygens (including phenoxy) is 2. The molecule has 3 aliphatic rings. The minimum atomic E-state index is -0.785. The van der Waals surface area contributed by atoms with E-state index in [1.165, 1.54) is 58.3 Å². The average molecular weight is 671 g/mol. The minimum Gasteiger partial charge on any atom is -0.445 e. The van der Waals surface area contributed by atoms with Gasteiger partial charge in [0, 0.05) is 61.7 Å². The fourth-order valence-electron chi connectivity index (χ4n) is 5.98. The predicted octanol–water partition coefficient (Wildman–Crippen LogP) is 3.03. The van der Waals surface area contributed by atoms with Gasteiger partial charge in [-0.1, -0.05) is 0 Å². The van der Waals surface area contributed by atoms with Crippen LogP contribution in [-0.4, -0.2) is 98.1 Å². The lowest BCUT2D eigenvalue weighted by Crippen LogP contribution is -2.51. The van der Waals surface area contributed by atoms with Crippen molar-refractivity contribution < 1.29 is 38.5 Å². The van der Waals surface area contributed by atoms with Crippen LogP contribution in [0, 0.1) is 20.2 Å². The lowest BCUT2D eigenvalue weighted by Gasteiger charge is -2.28. The molecule has 3 saturated heterocycles. The standard InChI is InChI=1S/C30H34N6O10S/c37-27(25-2-1-12-33(25)29(39)45-17-19-3-7-22(8-4-19)35(41)42)31-21-11-13-32(15-21)28(38)26-14-24(47)16-34(26)30(40)46-18-20-5-9-23(10-6-20)36(43)44/h3-10,21,24-26,47H,1-2,11-18H2,(H,31,37)/t21-,24-,25?,26-/m0/s1. The third kappa shape index (κ3) is 8.08. The first kappa shape index (κ1) is 33.4. The summed E-state index contributed by atoms with van der Waals surface area (Å²) in [5.41, 5.74) is 0.977.